The number of nitrogens with zero attached hydrogens (tertiary/aromatic N) is 1. The number of hydrogen-bond acceptors (Lipinski definition) is 5. The minimum absolute atomic E-state index is 0.113. The molecule has 2 aromatic rings. The lowest BCUT2D eigenvalue weighted by Gasteiger charge is -1.86. The second kappa shape index (κ2) is 1.57. The lowest BCUT2D eigenvalue weighted by molar-refractivity contribution is 0.546. The Bertz CT molecular complexity index is 643. The molecule has 6 heteroatoms. The van der Waals surface area contributed by atoms with Crippen LogP contribution in [0.3, 0.4) is 0 Å². The van der Waals surface area contributed by atoms with Gasteiger partial charge in [-0.05, 0) is 6.92 Å². The van der Waals surface area contributed by atoms with Gasteiger partial charge < -0.3 is 19.1 Å². The first-order valence-electron chi connectivity index (χ1n) is 4.16. The number of aryl methyl sites for hydroxylation is 1. The van der Waals surface area contributed by atoms with Crippen LogP contribution in [0.25, 0.3) is 11.5 Å². The van der Waals surface area contributed by atoms with Gasteiger partial charge in [0.1, 0.15) is 5.76 Å². The third kappa shape index (κ3) is 0.481. The number of rotatable bonds is 1. The van der Waals surface area contributed by atoms with E-state index in [1.807, 2.05) is 0 Å². The fourth-order valence-corrected chi connectivity index (χ4v) is 4.37. The Balaban J connectivity index is 2.00. The minimum atomic E-state index is -2.16. The number of furan rings is 1. The van der Waals surface area contributed by atoms with Gasteiger partial charge in [0, 0.05) is 0 Å². The van der Waals surface area contributed by atoms with Crippen LogP contribution >= 0.6 is 7.14 Å². The van der Waals surface area contributed by atoms with E-state index in [0.717, 1.165) is 10.6 Å². The van der Waals surface area contributed by atoms with E-state index in [-0.39, 0.29) is 6.01 Å². The molecule has 0 radical (unpaired) electrons. The standard InChI is InChI=1S/C8H5N2O3P/c1-2-3(10-8(9)12-2)4-5-6-7(13-4)14(5,6)11/h1H3,(H2,9,10). The molecule has 0 aromatic carbocycles. The summed E-state index contributed by atoms with van der Waals surface area (Å²) in [6.07, 6.45) is 0. The number of anilines is 1. The smallest absolute Gasteiger partial charge is 0.292 e. The normalized spacial score (nSPS) is 24.9. The second-order valence-corrected chi connectivity index (χ2v) is 6.02. The van der Waals surface area contributed by atoms with Crippen molar-refractivity contribution in [2.75, 3.05) is 5.73 Å². The molecule has 0 fully saturated rings. The summed E-state index contributed by atoms with van der Waals surface area (Å²) >= 11 is 0. The van der Waals surface area contributed by atoms with E-state index in [2.05, 4.69) is 4.98 Å². The van der Waals surface area contributed by atoms with Gasteiger partial charge in [-0.15, -0.1) is 0 Å². The molecule has 0 spiro atoms. The van der Waals surface area contributed by atoms with E-state index < -0.39 is 7.14 Å². The number of hydrogen-bond donors (Lipinski definition) is 1. The molecular weight excluding hydrogens is 203 g/mol. The molecule has 2 bridgehead atoms. The molecule has 0 saturated carbocycles. The van der Waals surface area contributed by atoms with Crippen molar-refractivity contribution in [3.63, 3.8) is 0 Å². The molecule has 5 heterocycles. The number of aromatic nitrogens is 1. The summed E-state index contributed by atoms with van der Waals surface area (Å²) in [6.45, 7) is 1.76. The fraction of sp³-hybridized carbons (Fsp3) is 0.125. The van der Waals surface area contributed by atoms with Crippen LogP contribution in [0.15, 0.2) is 8.83 Å². The highest BCUT2D eigenvalue weighted by Crippen LogP contribution is 2.70. The van der Waals surface area contributed by atoms with E-state index >= 15 is 0 Å². The van der Waals surface area contributed by atoms with Crippen LogP contribution < -0.4 is 21.8 Å². The fourth-order valence-electron chi connectivity index (χ4n) is 1.89. The molecule has 5 nitrogen and oxygen atoms in total. The van der Waals surface area contributed by atoms with E-state index in [1.165, 1.54) is 0 Å². The maximum absolute atomic E-state index is 11.7. The summed E-state index contributed by atoms with van der Waals surface area (Å²) in [5, 5.41) is 1.78. The Labute approximate surface area is 78.3 Å². The number of fused-ring (bicyclic) bond motifs is 1. The zero-order chi connectivity index (χ0) is 9.66. The van der Waals surface area contributed by atoms with Crippen molar-refractivity contribution >= 4 is 29.3 Å². The third-order valence-electron chi connectivity index (χ3n) is 2.68. The Morgan fingerprint density at radius 2 is 2.07 bits per heavy atom. The Hall–Kier alpha value is -1.48. The molecule has 5 rings (SSSR count). The van der Waals surface area contributed by atoms with Crippen LogP contribution in [0.2, 0.25) is 0 Å². The van der Waals surface area contributed by atoms with Gasteiger partial charge in [0.25, 0.3) is 6.01 Å². The van der Waals surface area contributed by atoms with Crippen LogP contribution in [0.5, 0.6) is 0 Å². The van der Waals surface area contributed by atoms with Gasteiger partial charge >= 0.3 is 0 Å². The third-order valence-corrected chi connectivity index (χ3v) is 5.24. The molecule has 2 aromatic heterocycles. The van der Waals surface area contributed by atoms with E-state index in [0.29, 0.717) is 22.7 Å². The predicted octanol–water partition coefficient (Wildman–Crippen LogP) is 0.0914. The zero-order valence-corrected chi connectivity index (χ0v) is 8.09. The number of nitrogens with two attached hydrogens (primary N) is 1. The molecule has 0 aliphatic carbocycles. The summed E-state index contributed by atoms with van der Waals surface area (Å²) in [5.41, 5.74) is 6.66. The molecular formula is C8H5N2O3P. The van der Waals surface area contributed by atoms with Crippen LogP contribution in [-0.4, -0.2) is 4.98 Å². The van der Waals surface area contributed by atoms with Crippen LogP contribution in [-0.2, 0) is 4.57 Å². The maximum atomic E-state index is 11.7. The first-order valence-corrected chi connectivity index (χ1v) is 5.86. The molecule has 1 unspecified atom stereocenters. The molecule has 0 amide bonds. The molecule has 1 atom stereocenters. The van der Waals surface area contributed by atoms with Crippen molar-refractivity contribution < 1.29 is 13.4 Å². The van der Waals surface area contributed by atoms with Crippen molar-refractivity contribution in [1.82, 2.24) is 4.98 Å². The molecule has 3 aliphatic heterocycles. The molecule has 70 valence electrons. The van der Waals surface area contributed by atoms with E-state index in [9.17, 15) is 4.57 Å². The van der Waals surface area contributed by atoms with Crippen LogP contribution in [0, 0.1) is 6.92 Å². The average Bonchev–Trinajstić information content (AvgIpc) is 2.73. The predicted molar refractivity (Wildman–Crippen MR) is 49.9 cm³/mol. The average molecular weight is 208 g/mol. The van der Waals surface area contributed by atoms with Gasteiger partial charge in [0.2, 0.25) is 7.14 Å². The molecule has 14 heavy (non-hydrogen) atoms. The van der Waals surface area contributed by atoms with Crippen molar-refractivity contribution in [2.24, 2.45) is 0 Å². The van der Waals surface area contributed by atoms with Crippen LogP contribution in [0.4, 0.5) is 6.01 Å². The van der Waals surface area contributed by atoms with Crippen molar-refractivity contribution in [2.45, 2.75) is 6.92 Å². The van der Waals surface area contributed by atoms with Crippen molar-refractivity contribution in [3.05, 3.63) is 5.76 Å². The zero-order valence-electron chi connectivity index (χ0n) is 7.20. The quantitative estimate of drug-likeness (QED) is 0.448. The first kappa shape index (κ1) is 6.90. The summed E-state index contributed by atoms with van der Waals surface area (Å²) in [4.78, 5) is 3.99. The molecule has 0 saturated heterocycles. The summed E-state index contributed by atoms with van der Waals surface area (Å²) in [6, 6.07) is 0.113. The van der Waals surface area contributed by atoms with E-state index in [1.54, 1.807) is 6.92 Å². The maximum Gasteiger partial charge on any atom is 0.292 e. The van der Waals surface area contributed by atoms with E-state index in [4.69, 9.17) is 14.6 Å². The SMILES string of the molecule is Cc1oc(N)nc1-c1oc2c3c1P23=O. The highest BCUT2D eigenvalue weighted by atomic mass is 31.2. The van der Waals surface area contributed by atoms with Gasteiger partial charge in [0.15, 0.2) is 17.0 Å². The summed E-state index contributed by atoms with van der Waals surface area (Å²) < 4.78 is 22.1. The van der Waals surface area contributed by atoms with Crippen LogP contribution in [0.1, 0.15) is 5.76 Å². The second-order valence-electron chi connectivity index (χ2n) is 3.50. The topological polar surface area (TPSA) is 82.3 Å². The van der Waals surface area contributed by atoms with Crippen molar-refractivity contribution in [1.29, 1.82) is 0 Å². The van der Waals surface area contributed by atoms with Gasteiger partial charge in [-0.2, -0.15) is 4.98 Å². The number of oxazole rings is 1. The monoisotopic (exact) mass is 208 g/mol. The summed E-state index contributed by atoms with van der Waals surface area (Å²) in [5.74, 6) is 1.20. The Morgan fingerprint density at radius 3 is 2.50 bits per heavy atom. The van der Waals surface area contributed by atoms with Gasteiger partial charge in [-0.3, -0.25) is 0 Å². The Morgan fingerprint density at radius 1 is 1.36 bits per heavy atom. The highest BCUT2D eigenvalue weighted by Gasteiger charge is 2.75. The lowest BCUT2D eigenvalue weighted by atomic mass is 10.3. The summed E-state index contributed by atoms with van der Waals surface area (Å²) in [7, 11) is -2.16. The number of nitrogen functional groups attached to an aromatic ring is 1. The van der Waals surface area contributed by atoms with Crippen molar-refractivity contribution in [3.8, 4) is 11.5 Å². The highest BCUT2D eigenvalue weighted by molar-refractivity contribution is 8.06. The molecule has 2 N–H and O–H groups in total. The lowest BCUT2D eigenvalue weighted by Crippen LogP contribution is -1.96. The van der Waals surface area contributed by atoms with Gasteiger partial charge in [-0.25, -0.2) is 0 Å². The minimum Gasteiger partial charge on any atom is -0.449 e. The molecule has 3 aliphatic rings. The first-order chi connectivity index (χ1) is 6.64. The largest absolute Gasteiger partial charge is 0.449 e. The van der Waals surface area contributed by atoms with Gasteiger partial charge in [-0.1, -0.05) is 0 Å². The van der Waals surface area contributed by atoms with Gasteiger partial charge in [0.05, 0.1) is 10.6 Å². The Kier molecular flexibility index (Phi) is 0.772.